The fourth-order valence-electron chi connectivity index (χ4n) is 2.81. The molecule has 0 fully saturated rings. The van der Waals surface area contributed by atoms with E-state index in [4.69, 9.17) is 0 Å². The third-order valence-electron chi connectivity index (χ3n) is 4.21. The number of hydrogen-bond donors (Lipinski definition) is 1. The first-order valence-corrected chi connectivity index (χ1v) is 9.38. The van der Waals surface area contributed by atoms with Gasteiger partial charge in [-0.05, 0) is 42.8 Å². The van der Waals surface area contributed by atoms with Gasteiger partial charge < -0.3 is 0 Å². The molecule has 2 heterocycles. The predicted molar refractivity (Wildman–Crippen MR) is 102 cm³/mol. The molecule has 0 atom stereocenters. The van der Waals surface area contributed by atoms with Crippen molar-refractivity contribution in [3.05, 3.63) is 70.2 Å². The number of aryl methyl sites for hydroxylation is 1. The van der Waals surface area contributed by atoms with E-state index in [9.17, 15) is 13.6 Å². The molecular weight excluding hydrogens is 384 g/mol. The highest BCUT2D eigenvalue weighted by Gasteiger charge is 2.13. The Morgan fingerprint density at radius 2 is 2.04 bits per heavy atom. The van der Waals surface area contributed by atoms with Gasteiger partial charge in [0.15, 0.2) is 16.8 Å². The van der Waals surface area contributed by atoms with E-state index in [-0.39, 0.29) is 5.91 Å². The number of halogens is 2. The van der Waals surface area contributed by atoms with E-state index < -0.39 is 11.6 Å². The van der Waals surface area contributed by atoms with Crippen LogP contribution < -0.4 is 5.32 Å². The van der Waals surface area contributed by atoms with Crippen LogP contribution in [-0.4, -0.2) is 25.9 Å². The monoisotopic (exact) mass is 399 g/mol. The summed E-state index contributed by atoms with van der Waals surface area (Å²) in [4.78, 5) is 17.5. The number of hydrogen-bond acceptors (Lipinski definition) is 5. The van der Waals surface area contributed by atoms with E-state index in [0.29, 0.717) is 34.7 Å². The Hall–Kier alpha value is -3.20. The zero-order chi connectivity index (χ0) is 19.7. The van der Waals surface area contributed by atoms with Crippen LogP contribution in [0.3, 0.4) is 0 Å². The molecule has 0 unspecified atom stereocenters. The minimum Gasteiger partial charge on any atom is -0.298 e. The van der Waals surface area contributed by atoms with Crippen LogP contribution in [0.5, 0.6) is 0 Å². The van der Waals surface area contributed by atoms with Gasteiger partial charge in [0.2, 0.25) is 0 Å². The lowest BCUT2D eigenvalue weighted by atomic mass is 10.1. The van der Waals surface area contributed by atoms with E-state index in [2.05, 4.69) is 20.6 Å². The summed E-state index contributed by atoms with van der Waals surface area (Å²) in [5.74, 6) is -2.07. The van der Waals surface area contributed by atoms with Gasteiger partial charge in [-0.1, -0.05) is 11.3 Å². The number of benzene rings is 2. The molecule has 28 heavy (non-hydrogen) atoms. The molecular formula is C19H15F2N5OS. The number of carbonyl (C=O) groups is 1. The summed E-state index contributed by atoms with van der Waals surface area (Å²) in [6.45, 7) is 2.66. The maximum atomic E-state index is 13.3. The molecule has 9 heteroatoms. The Balaban J connectivity index is 1.47. The van der Waals surface area contributed by atoms with Crippen molar-refractivity contribution in [1.82, 2.24) is 20.0 Å². The summed E-state index contributed by atoms with van der Waals surface area (Å²) in [6.07, 6.45) is 2.01. The summed E-state index contributed by atoms with van der Waals surface area (Å²) in [5, 5.41) is 11.3. The quantitative estimate of drug-likeness (QED) is 0.550. The zero-order valence-electron chi connectivity index (χ0n) is 14.8. The van der Waals surface area contributed by atoms with Gasteiger partial charge in [-0.15, -0.1) is 16.4 Å². The number of anilines is 1. The maximum absolute atomic E-state index is 13.3. The van der Waals surface area contributed by atoms with Crippen LogP contribution in [0.2, 0.25) is 0 Å². The van der Waals surface area contributed by atoms with Gasteiger partial charge in [0, 0.05) is 29.6 Å². The molecule has 142 valence electrons. The summed E-state index contributed by atoms with van der Waals surface area (Å²) < 4.78 is 28.1. The Labute approximate surface area is 162 Å². The van der Waals surface area contributed by atoms with E-state index in [0.717, 1.165) is 22.5 Å². The molecule has 0 spiro atoms. The third-order valence-corrected chi connectivity index (χ3v) is 5.12. The summed E-state index contributed by atoms with van der Waals surface area (Å²) >= 11 is 1.28. The lowest BCUT2D eigenvalue weighted by Crippen LogP contribution is -2.11. The predicted octanol–water partition coefficient (Wildman–Crippen LogP) is 4.03. The smallest absolute Gasteiger partial charge is 0.257 e. The van der Waals surface area contributed by atoms with Crippen LogP contribution in [0.25, 0.3) is 11.0 Å². The van der Waals surface area contributed by atoms with Crippen LogP contribution in [-0.2, 0) is 13.0 Å². The van der Waals surface area contributed by atoms with Crippen molar-refractivity contribution in [2.75, 3.05) is 5.32 Å². The van der Waals surface area contributed by atoms with Crippen LogP contribution in [0.15, 0.2) is 42.6 Å². The second-order valence-electron chi connectivity index (χ2n) is 6.12. The molecule has 0 aliphatic carbocycles. The Morgan fingerprint density at radius 1 is 1.18 bits per heavy atom. The molecule has 4 rings (SSSR count). The minimum absolute atomic E-state index is 0.304. The van der Waals surface area contributed by atoms with Gasteiger partial charge in [0.05, 0.1) is 5.52 Å². The molecule has 0 aliphatic rings. The molecule has 0 saturated heterocycles. The number of nitrogens with zero attached hydrogens (tertiary/aromatic N) is 4. The number of carbonyl (C=O) groups excluding carboxylic acids is 1. The van der Waals surface area contributed by atoms with Crippen molar-refractivity contribution < 1.29 is 13.6 Å². The normalized spacial score (nSPS) is 11.1. The van der Waals surface area contributed by atoms with E-state index in [1.165, 1.54) is 17.4 Å². The fraction of sp³-hybridized carbons (Fsp3) is 0.158. The molecule has 4 aromatic rings. The largest absolute Gasteiger partial charge is 0.298 e. The van der Waals surface area contributed by atoms with E-state index in [1.54, 1.807) is 23.0 Å². The molecule has 0 aliphatic heterocycles. The molecule has 1 amide bonds. The topological polar surface area (TPSA) is 72.7 Å². The van der Waals surface area contributed by atoms with Gasteiger partial charge in [-0.3, -0.25) is 10.1 Å². The first-order chi connectivity index (χ1) is 13.5. The maximum Gasteiger partial charge on any atom is 0.257 e. The van der Waals surface area contributed by atoms with Crippen molar-refractivity contribution >= 4 is 33.4 Å². The second-order valence-corrected chi connectivity index (χ2v) is 7.23. The summed E-state index contributed by atoms with van der Waals surface area (Å²) in [6, 6.07) is 8.98. The zero-order valence-corrected chi connectivity index (χ0v) is 15.6. The molecule has 0 saturated carbocycles. The van der Waals surface area contributed by atoms with Crippen molar-refractivity contribution in [2.45, 2.75) is 19.9 Å². The van der Waals surface area contributed by atoms with Crippen molar-refractivity contribution in [2.24, 2.45) is 0 Å². The second kappa shape index (κ2) is 7.43. The van der Waals surface area contributed by atoms with Crippen molar-refractivity contribution in [3.63, 3.8) is 0 Å². The number of fused-ring (bicyclic) bond motifs is 1. The minimum atomic E-state index is -0.883. The molecule has 1 N–H and O–H groups in total. The SMILES string of the molecule is CCn1nnc2cc(C(=O)Nc3ncc(Cc4ccc(F)c(F)c4)s3)ccc21. The standard InChI is InChI=1S/C19H15F2N5OS/c1-2-26-17-6-4-12(9-16(17)24-25-26)18(27)23-19-22-10-13(28-19)7-11-3-5-14(20)15(21)8-11/h3-6,8-10H,2,7H2,1H3,(H,22,23,27). The highest BCUT2D eigenvalue weighted by molar-refractivity contribution is 7.15. The number of amides is 1. The molecule has 2 aromatic carbocycles. The first kappa shape index (κ1) is 18.2. The van der Waals surface area contributed by atoms with Gasteiger partial charge in [0.1, 0.15) is 5.52 Å². The van der Waals surface area contributed by atoms with Crippen LogP contribution in [0.1, 0.15) is 27.7 Å². The number of nitrogens with one attached hydrogen (secondary N) is 1. The highest BCUT2D eigenvalue weighted by Crippen LogP contribution is 2.23. The van der Waals surface area contributed by atoms with Crippen LogP contribution in [0, 0.1) is 11.6 Å². The van der Waals surface area contributed by atoms with Crippen LogP contribution >= 0.6 is 11.3 Å². The Bertz CT molecular complexity index is 1170. The molecule has 2 aromatic heterocycles. The lowest BCUT2D eigenvalue weighted by Gasteiger charge is -2.02. The van der Waals surface area contributed by atoms with Gasteiger partial charge >= 0.3 is 0 Å². The van der Waals surface area contributed by atoms with E-state index in [1.807, 2.05) is 13.0 Å². The van der Waals surface area contributed by atoms with Crippen molar-refractivity contribution in [3.8, 4) is 0 Å². The number of aromatic nitrogens is 4. The van der Waals surface area contributed by atoms with Crippen LogP contribution in [0.4, 0.5) is 13.9 Å². The number of rotatable bonds is 5. The van der Waals surface area contributed by atoms with E-state index >= 15 is 0 Å². The lowest BCUT2D eigenvalue weighted by molar-refractivity contribution is 0.102. The fourth-order valence-corrected chi connectivity index (χ4v) is 3.66. The van der Waals surface area contributed by atoms with Gasteiger partial charge in [0.25, 0.3) is 5.91 Å². The Morgan fingerprint density at radius 3 is 2.82 bits per heavy atom. The average molecular weight is 399 g/mol. The summed E-state index contributed by atoms with van der Waals surface area (Å²) in [5.41, 5.74) is 2.59. The van der Waals surface area contributed by atoms with Crippen molar-refractivity contribution in [1.29, 1.82) is 0 Å². The van der Waals surface area contributed by atoms with Gasteiger partial charge in [-0.2, -0.15) is 0 Å². The Kier molecular flexibility index (Phi) is 4.82. The molecule has 0 bridgehead atoms. The molecule has 6 nitrogen and oxygen atoms in total. The first-order valence-electron chi connectivity index (χ1n) is 8.56. The average Bonchev–Trinajstić information content (AvgIpc) is 3.30. The van der Waals surface area contributed by atoms with Gasteiger partial charge in [-0.25, -0.2) is 18.4 Å². The number of thiazole rings is 1. The summed E-state index contributed by atoms with van der Waals surface area (Å²) in [7, 11) is 0. The third kappa shape index (κ3) is 3.61. The highest BCUT2D eigenvalue weighted by atomic mass is 32.1. The molecule has 0 radical (unpaired) electrons.